The first-order valence-electron chi connectivity index (χ1n) is 8.80. The van der Waals surface area contributed by atoms with E-state index >= 15 is 0 Å². The van der Waals surface area contributed by atoms with E-state index in [1.54, 1.807) is 0 Å². The van der Waals surface area contributed by atoms with Crippen LogP contribution in [-0.2, 0) is 19.0 Å². The second-order valence-corrected chi connectivity index (χ2v) is 9.18. The van der Waals surface area contributed by atoms with Crippen molar-refractivity contribution in [2.75, 3.05) is 0 Å². The van der Waals surface area contributed by atoms with Crippen LogP contribution in [0.25, 0.3) is 0 Å². The maximum absolute atomic E-state index is 12.8. The van der Waals surface area contributed by atoms with E-state index in [2.05, 4.69) is 70.8 Å². The molecule has 1 fully saturated rings. The summed E-state index contributed by atoms with van der Waals surface area (Å²) >= 11 is 2.26. The lowest BCUT2D eigenvalue weighted by molar-refractivity contribution is 0.0996. The monoisotopic (exact) mass is 451 g/mol. The Labute approximate surface area is 163 Å². The molecule has 2 aromatic rings. The molecule has 1 aliphatic carbocycles. The lowest BCUT2D eigenvalue weighted by Crippen LogP contribution is -2.26. The summed E-state index contributed by atoms with van der Waals surface area (Å²) in [5, 5.41) is 0. The molecule has 1 aromatic heterocycles. The molecule has 0 unspecified atom stereocenters. The van der Waals surface area contributed by atoms with E-state index in [0.717, 1.165) is 27.1 Å². The van der Waals surface area contributed by atoms with Crippen molar-refractivity contribution in [1.82, 2.24) is 9.36 Å². The topological polar surface area (TPSA) is 39.3 Å². The van der Waals surface area contributed by atoms with Crippen molar-refractivity contribution in [2.24, 2.45) is 18.0 Å². The number of nitrogens with zero attached hydrogens (tertiary/aromatic N) is 3. The van der Waals surface area contributed by atoms with Crippen molar-refractivity contribution in [3.8, 4) is 0 Å². The van der Waals surface area contributed by atoms with Crippen LogP contribution >= 0.6 is 22.6 Å². The summed E-state index contributed by atoms with van der Waals surface area (Å²) in [5.41, 5.74) is 3.65. The van der Waals surface area contributed by atoms with Gasteiger partial charge in [0, 0.05) is 39.9 Å². The molecule has 1 aliphatic rings. The molecular weight excluding hydrogens is 425 g/mol. The molecule has 4 nitrogen and oxygen atoms in total. The Morgan fingerprint density at radius 1 is 1.32 bits per heavy atom. The number of hydrogen-bond donors (Lipinski definition) is 0. The van der Waals surface area contributed by atoms with Crippen molar-refractivity contribution < 1.29 is 4.79 Å². The number of aromatic nitrogens is 2. The number of carbonyl (C=O) groups is 1. The molecule has 0 atom stereocenters. The highest BCUT2D eigenvalue weighted by Crippen LogP contribution is 2.30. The first-order chi connectivity index (χ1) is 11.7. The molecule has 0 aliphatic heterocycles. The van der Waals surface area contributed by atoms with E-state index < -0.39 is 0 Å². The van der Waals surface area contributed by atoms with Crippen LogP contribution in [0.2, 0.25) is 0 Å². The van der Waals surface area contributed by atoms with Crippen LogP contribution < -0.4 is 5.49 Å². The lowest BCUT2D eigenvalue weighted by atomic mass is 9.92. The molecule has 1 aromatic carbocycles. The molecule has 3 rings (SSSR count). The van der Waals surface area contributed by atoms with Crippen molar-refractivity contribution in [3.05, 3.63) is 50.1 Å². The Hall–Kier alpha value is -1.37. The SMILES string of the molecule is Cc1c(I)cccc1C(=O)/N=c1\cc(C(C)(C)C)n(C)n1CC1CC1. The molecule has 134 valence electrons. The van der Waals surface area contributed by atoms with Gasteiger partial charge in [0.25, 0.3) is 5.91 Å². The van der Waals surface area contributed by atoms with Crippen molar-refractivity contribution in [1.29, 1.82) is 0 Å². The predicted molar refractivity (Wildman–Crippen MR) is 109 cm³/mol. The fourth-order valence-corrected chi connectivity index (χ4v) is 3.63. The zero-order valence-corrected chi connectivity index (χ0v) is 17.8. The van der Waals surface area contributed by atoms with Crippen LogP contribution in [0.5, 0.6) is 0 Å². The lowest BCUT2D eigenvalue weighted by Gasteiger charge is -2.20. The maximum atomic E-state index is 12.8. The molecule has 25 heavy (non-hydrogen) atoms. The van der Waals surface area contributed by atoms with Crippen molar-refractivity contribution >= 4 is 28.5 Å². The van der Waals surface area contributed by atoms with Gasteiger partial charge in [0.1, 0.15) is 0 Å². The quantitative estimate of drug-likeness (QED) is 0.646. The van der Waals surface area contributed by atoms with Gasteiger partial charge in [-0.05, 0) is 66.0 Å². The first kappa shape index (κ1) is 18.4. The van der Waals surface area contributed by atoms with Gasteiger partial charge in [-0.2, -0.15) is 4.99 Å². The predicted octanol–water partition coefficient (Wildman–Crippen LogP) is 4.19. The Balaban J connectivity index is 2.09. The molecule has 5 heteroatoms. The summed E-state index contributed by atoms with van der Waals surface area (Å²) in [4.78, 5) is 17.3. The molecule has 1 amide bonds. The smallest absolute Gasteiger partial charge is 0.279 e. The average Bonchev–Trinajstić information content (AvgIpc) is 3.28. The number of amides is 1. The minimum atomic E-state index is -0.161. The fourth-order valence-electron chi connectivity index (χ4n) is 3.13. The third kappa shape index (κ3) is 3.91. The van der Waals surface area contributed by atoms with Crippen LogP contribution in [0.1, 0.15) is 55.2 Å². The number of benzene rings is 1. The normalized spacial score (nSPS) is 15.7. The van der Waals surface area contributed by atoms with E-state index in [1.165, 1.54) is 18.5 Å². The van der Waals surface area contributed by atoms with Gasteiger partial charge in [-0.15, -0.1) is 0 Å². The first-order valence-corrected chi connectivity index (χ1v) is 9.88. The van der Waals surface area contributed by atoms with E-state index in [1.807, 2.05) is 25.1 Å². The summed E-state index contributed by atoms with van der Waals surface area (Å²) in [6.45, 7) is 9.50. The van der Waals surface area contributed by atoms with Gasteiger partial charge < -0.3 is 0 Å². The second kappa shape index (κ2) is 6.74. The summed E-state index contributed by atoms with van der Waals surface area (Å²) in [6.07, 6.45) is 2.54. The van der Waals surface area contributed by atoms with E-state index in [-0.39, 0.29) is 11.3 Å². The van der Waals surface area contributed by atoms with Crippen LogP contribution in [0.15, 0.2) is 29.3 Å². The van der Waals surface area contributed by atoms with Crippen molar-refractivity contribution in [3.63, 3.8) is 0 Å². The Morgan fingerprint density at radius 2 is 2.00 bits per heavy atom. The molecular formula is C20H26IN3O. The van der Waals surface area contributed by atoms with Gasteiger partial charge in [0.15, 0.2) is 5.49 Å². The minimum Gasteiger partial charge on any atom is -0.291 e. The van der Waals surface area contributed by atoms with E-state index in [9.17, 15) is 4.79 Å². The maximum Gasteiger partial charge on any atom is 0.279 e. The molecule has 0 N–H and O–H groups in total. The number of halogens is 1. The van der Waals surface area contributed by atoms with Gasteiger partial charge in [-0.3, -0.25) is 14.2 Å². The van der Waals surface area contributed by atoms with Crippen LogP contribution in [0.4, 0.5) is 0 Å². The van der Waals surface area contributed by atoms with Crippen LogP contribution in [0.3, 0.4) is 0 Å². The van der Waals surface area contributed by atoms with Gasteiger partial charge in [-0.25, -0.2) is 0 Å². The highest BCUT2D eigenvalue weighted by molar-refractivity contribution is 14.1. The van der Waals surface area contributed by atoms with Crippen molar-refractivity contribution in [2.45, 2.75) is 52.5 Å². The zero-order chi connectivity index (χ0) is 18.4. The highest BCUT2D eigenvalue weighted by atomic mass is 127. The van der Waals surface area contributed by atoms with E-state index in [0.29, 0.717) is 5.56 Å². The molecule has 1 saturated carbocycles. The number of carbonyl (C=O) groups excluding carboxylic acids is 1. The second-order valence-electron chi connectivity index (χ2n) is 8.02. The summed E-state index contributed by atoms with van der Waals surface area (Å²) in [6, 6.07) is 7.87. The van der Waals surface area contributed by atoms with Crippen LogP contribution in [-0.4, -0.2) is 15.3 Å². The van der Waals surface area contributed by atoms with E-state index in [4.69, 9.17) is 0 Å². The standard InChI is InChI=1S/C20H26IN3O/c1-13-15(7-6-8-16(13)21)19(25)22-18-11-17(20(2,3)4)23(5)24(18)12-14-9-10-14/h6-8,11,14H,9-10,12H2,1-5H3/b22-18+. The third-order valence-electron chi connectivity index (χ3n) is 4.85. The zero-order valence-electron chi connectivity index (χ0n) is 15.6. The van der Waals surface area contributed by atoms with Crippen LogP contribution in [0, 0.1) is 16.4 Å². The minimum absolute atomic E-state index is 0.00884. The third-order valence-corrected chi connectivity index (χ3v) is 6.02. The molecule has 1 heterocycles. The van der Waals surface area contributed by atoms with Gasteiger partial charge in [0.05, 0.1) is 0 Å². The average molecular weight is 451 g/mol. The van der Waals surface area contributed by atoms with Gasteiger partial charge in [-0.1, -0.05) is 26.8 Å². The molecule has 0 radical (unpaired) electrons. The highest BCUT2D eigenvalue weighted by Gasteiger charge is 2.26. The van der Waals surface area contributed by atoms with Gasteiger partial charge in [0.2, 0.25) is 0 Å². The number of hydrogen-bond acceptors (Lipinski definition) is 1. The Bertz CT molecular complexity index is 879. The summed E-state index contributed by atoms with van der Waals surface area (Å²) in [5.74, 6) is 0.557. The summed E-state index contributed by atoms with van der Waals surface area (Å²) in [7, 11) is 2.07. The summed E-state index contributed by atoms with van der Waals surface area (Å²) < 4.78 is 5.43. The Morgan fingerprint density at radius 3 is 2.60 bits per heavy atom. The Kier molecular flexibility index (Phi) is 4.97. The molecule has 0 spiro atoms. The largest absolute Gasteiger partial charge is 0.291 e. The molecule has 0 bridgehead atoms. The van der Waals surface area contributed by atoms with Gasteiger partial charge >= 0.3 is 0 Å². The number of rotatable bonds is 3. The fraction of sp³-hybridized carbons (Fsp3) is 0.500. The molecule has 0 saturated heterocycles.